The van der Waals surface area contributed by atoms with Crippen LogP contribution in [-0.2, 0) is 0 Å². The second kappa shape index (κ2) is 5.03. The summed E-state index contributed by atoms with van der Waals surface area (Å²) in [6.07, 6.45) is 9.50. The highest BCUT2D eigenvalue weighted by atomic mass is 16.1. The maximum atomic E-state index is 13.5. The molecule has 4 unspecified atom stereocenters. The molecule has 4 atom stereocenters. The molecule has 2 nitrogen and oxygen atoms in total. The minimum Gasteiger partial charge on any atom is -0.294 e. The lowest BCUT2D eigenvalue weighted by Crippen LogP contribution is -2.44. The molecular weight excluding hydrogens is 296 g/mol. The van der Waals surface area contributed by atoms with Gasteiger partial charge in [0.1, 0.15) is 0 Å². The average Bonchev–Trinajstić information content (AvgIpc) is 3.14. The summed E-state index contributed by atoms with van der Waals surface area (Å²) in [5.41, 5.74) is 2.84. The molecule has 3 saturated carbocycles. The fraction of sp³-hybridized carbons (Fsp3) is 0.636. The first-order valence-electron chi connectivity index (χ1n) is 9.81. The van der Waals surface area contributed by atoms with Crippen molar-refractivity contribution >= 4 is 11.6 Å². The van der Waals surface area contributed by atoms with E-state index >= 15 is 0 Å². The van der Waals surface area contributed by atoms with Gasteiger partial charge in [0, 0.05) is 23.0 Å². The molecular formula is C22H26O2. The standard InChI is InChI=1S/C22H26O2/c1-22-11-10-14(12-22)17-19(22)20(23)16-9-5-8-15(18(16)21(17)24)13-6-3-2-4-7-13/h5,8-9,13-14,17,19H,2-4,6-7,10-12H2,1H3. The van der Waals surface area contributed by atoms with Gasteiger partial charge in [-0.1, -0.05) is 44.4 Å². The van der Waals surface area contributed by atoms with E-state index in [1.807, 2.05) is 12.1 Å². The van der Waals surface area contributed by atoms with Crippen molar-refractivity contribution in [2.75, 3.05) is 0 Å². The van der Waals surface area contributed by atoms with Crippen LogP contribution in [0.5, 0.6) is 0 Å². The molecule has 3 fully saturated rings. The summed E-state index contributed by atoms with van der Waals surface area (Å²) in [5.74, 6) is 1.45. The highest BCUT2D eigenvalue weighted by molar-refractivity contribution is 6.17. The fourth-order valence-corrected chi connectivity index (χ4v) is 6.60. The lowest BCUT2D eigenvalue weighted by Gasteiger charge is -2.39. The quantitative estimate of drug-likeness (QED) is 0.715. The number of carbonyl (C=O) groups is 2. The Balaban J connectivity index is 1.64. The SMILES string of the molecule is CC12CCC(C1)C1C(=O)c3c(cccc3C3CCCCC3)C(=O)C12. The number of Topliss-reactive ketones (excluding diaryl/α,β-unsaturated/α-hetero) is 2. The summed E-state index contributed by atoms with van der Waals surface area (Å²) in [6.45, 7) is 2.25. The second-order valence-corrected chi connectivity index (χ2v) is 8.99. The Hall–Kier alpha value is -1.44. The van der Waals surface area contributed by atoms with E-state index in [4.69, 9.17) is 0 Å². The number of fused-ring (bicyclic) bond motifs is 6. The van der Waals surface area contributed by atoms with Crippen LogP contribution in [0.15, 0.2) is 18.2 Å². The molecule has 2 heteroatoms. The van der Waals surface area contributed by atoms with Crippen LogP contribution < -0.4 is 0 Å². The third-order valence-electron chi connectivity index (χ3n) is 7.67. The molecule has 0 saturated heterocycles. The van der Waals surface area contributed by atoms with E-state index in [0.29, 0.717) is 17.6 Å². The van der Waals surface area contributed by atoms with Crippen molar-refractivity contribution in [1.29, 1.82) is 0 Å². The Bertz CT molecular complexity index is 727. The normalized spacial score (nSPS) is 38.3. The summed E-state index contributed by atoms with van der Waals surface area (Å²) in [5, 5.41) is 0. The third kappa shape index (κ3) is 1.83. The van der Waals surface area contributed by atoms with E-state index in [2.05, 4.69) is 13.0 Å². The van der Waals surface area contributed by atoms with E-state index in [9.17, 15) is 9.59 Å². The van der Waals surface area contributed by atoms with Gasteiger partial charge in [-0.2, -0.15) is 0 Å². The highest BCUT2D eigenvalue weighted by Gasteiger charge is 2.62. The summed E-state index contributed by atoms with van der Waals surface area (Å²) in [4.78, 5) is 26.8. The Kier molecular flexibility index (Phi) is 3.12. The number of hydrogen-bond acceptors (Lipinski definition) is 2. The molecule has 0 aromatic heterocycles. The van der Waals surface area contributed by atoms with Gasteiger partial charge in [-0.3, -0.25) is 9.59 Å². The van der Waals surface area contributed by atoms with Crippen molar-refractivity contribution < 1.29 is 9.59 Å². The van der Waals surface area contributed by atoms with Crippen LogP contribution in [0.25, 0.3) is 0 Å². The van der Waals surface area contributed by atoms with E-state index < -0.39 is 0 Å². The molecule has 24 heavy (non-hydrogen) atoms. The Labute approximate surface area is 144 Å². The van der Waals surface area contributed by atoms with Gasteiger partial charge in [-0.15, -0.1) is 0 Å². The number of rotatable bonds is 1. The summed E-state index contributed by atoms with van der Waals surface area (Å²) in [7, 11) is 0. The fourth-order valence-electron chi connectivity index (χ4n) is 6.60. The number of ketones is 2. The zero-order chi connectivity index (χ0) is 16.5. The van der Waals surface area contributed by atoms with Crippen molar-refractivity contribution in [1.82, 2.24) is 0 Å². The minimum absolute atomic E-state index is 0.0199. The Morgan fingerprint density at radius 1 is 1.00 bits per heavy atom. The van der Waals surface area contributed by atoms with Crippen LogP contribution in [0, 0.1) is 23.2 Å². The summed E-state index contributed by atoms with van der Waals surface area (Å²) < 4.78 is 0. The average molecular weight is 322 g/mol. The largest absolute Gasteiger partial charge is 0.294 e. The smallest absolute Gasteiger partial charge is 0.167 e. The lowest BCUT2D eigenvalue weighted by atomic mass is 9.61. The molecule has 4 aliphatic rings. The van der Waals surface area contributed by atoms with Crippen LogP contribution in [0.2, 0.25) is 0 Å². The number of carbonyl (C=O) groups excluding carboxylic acids is 2. The van der Waals surface area contributed by atoms with Gasteiger partial charge in [0.05, 0.1) is 0 Å². The number of hydrogen-bond donors (Lipinski definition) is 0. The van der Waals surface area contributed by atoms with Gasteiger partial charge >= 0.3 is 0 Å². The molecule has 126 valence electrons. The molecule has 0 N–H and O–H groups in total. The molecule has 0 spiro atoms. The second-order valence-electron chi connectivity index (χ2n) is 8.99. The summed E-state index contributed by atoms with van der Waals surface area (Å²) >= 11 is 0. The minimum atomic E-state index is -0.0437. The van der Waals surface area contributed by atoms with Crippen molar-refractivity contribution in [3.63, 3.8) is 0 Å². The lowest BCUT2D eigenvalue weighted by molar-refractivity contribution is 0.0571. The first-order valence-corrected chi connectivity index (χ1v) is 9.81. The molecule has 4 aliphatic carbocycles. The molecule has 5 rings (SSSR count). The van der Waals surface area contributed by atoms with Crippen LogP contribution in [-0.4, -0.2) is 11.6 Å². The molecule has 1 aromatic rings. The Morgan fingerprint density at radius 2 is 1.79 bits per heavy atom. The first kappa shape index (κ1) is 14.9. The topological polar surface area (TPSA) is 34.1 Å². The molecule has 2 bridgehead atoms. The van der Waals surface area contributed by atoms with Gasteiger partial charge in [0.15, 0.2) is 11.6 Å². The van der Waals surface area contributed by atoms with Gasteiger partial charge in [0.2, 0.25) is 0 Å². The summed E-state index contributed by atoms with van der Waals surface area (Å²) in [6, 6.07) is 6.08. The Morgan fingerprint density at radius 3 is 2.58 bits per heavy atom. The number of benzene rings is 1. The van der Waals surface area contributed by atoms with Gasteiger partial charge in [-0.25, -0.2) is 0 Å². The molecule has 1 aromatic carbocycles. The van der Waals surface area contributed by atoms with Gasteiger partial charge in [-0.05, 0) is 54.9 Å². The predicted octanol–water partition coefficient (Wildman–Crippen LogP) is 5.17. The van der Waals surface area contributed by atoms with Crippen molar-refractivity contribution in [3.8, 4) is 0 Å². The maximum absolute atomic E-state index is 13.5. The van der Waals surface area contributed by atoms with Crippen molar-refractivity contribution in [3.05, 3.63) is 34.9 Å². The van der Waals surface area contributed by atoms with E-state index in [-0.39, 0.29) is 23.0 Å². The van der Waals surface area contributed by atoms with Crippen LogP contribution in [0.3, 0.4) is 0 Å². The maximum Gasteiger partial charge on any atom is 0.167 e. The van der Waals surface area contributed by atoms with Crippen molar-refractivity contribution in [2.24, 2.45) is 23.2 Å². The molecule has 0 aliphatic heterocycles. The predicted molar refractivity (Wildman–Crippen MR) is 93.4 cm³/mol. The molecule has 0 radical (unpaired) electrons. The van der Waals surface area contributed by atoms with Gasteiger partial charge in [0.25, 0.3) is 0 Å². The van der Waals surface area contributed by atoms with Crippen LogP contribution >= 0.6 is 0 Å². The van der Waals surface area contributed by atoms with Crippen molar-refractivity contribution in [2.45, 2.75) is 64.2 Å². The molecule has 0 heterocycles. The first-order chi connectivity index (χ1) is 11.6. The zero-order valence-electron chi connectivity index (χ0n) is 14.5. The van der Waals surface area contributed by atoms with E-state index in [0.717, 1.165) is 30.4 Å². The van der Waals surface area contributed by atoms with Crippen LogP contribution in [0.4, 0.5) is 0 Å². The third-order valence-corrected chi connectivity index (χ3v) is 7.67. The zero-order valence-corrected chi connectivity index (χ0v) is 14.5. The highest BCUT2D eigenvalue weighted by Crippen LogP contribution is 2.63. The molecule has 0 amide bonds. The van der Waals surface area contributed by atoms with Crippen LogP contribution in [0.1, 0.15) is 90.5 Å². The monoisotopic (exact) mass is 322 g/mol. The van der Waals surface area contributed by atoms with E-state index in [1.165, 1.54) is 37.7 Å². The van der Waals surface area contributed by atoms with Gasteiger partial charge < -0.3 is 0 Å². The van der Waals surface area contributed by atoms with E-state index in [1.54, 1.807) is 0 Å².